The Kier molecular flexibility index (Phi) is 1.81. The molecule has 0 saturated carbocycles. The van der Waals surface area contributed by atoms with Gasteiger partial charge in [-0.3, -0.25) is 4.57 Å². The second-order valence-corrected chi connectivity index (χ2v) is 2.98. The maximum absolute atomic E-state index is 9.43. The Bertz CT molecular complexity index is 426. The van der Waals surface area contributed by atoms with E-state index in [0.29, 0.717) is 11.4 Å². The second-order valence-electron chi connectivity index (χ2n) is 2.98. The maximum Gasteiger partial charge on any atom is 0.198 e. The van der Waals surface area contributed by atoms with Crippen molar-refractivity contribution in [1.29, 1.82) is 0 Å². The third-order valence-corrected chi connectivity index (χ3v) is 1.99. The van der Waals surface area contributed by atoms with E-state index >= 15 is 0 Å². The van der Waals surface area contributed by atoms with Crippen molar-refractivity contribution in [2.75, 3.05) is 5.73 Å². The van der Waals surface area contributed by atoms with E-state index in [4.69, 9.17) is 5.73 Å². The Morgan fingerprint density at radius 3 is 1.86 bits per heavy atom. The molecule has 0 atom stereocenters. The molecule has 4 heteroatoms. The van der Waals surface area contributed by atoms with Gasteiger partial charge in [0.2, 0.25) is 0 Å². The van der Waals surface area contributed by atoms with Crippen molar-refractivity contribution in [2.45, 2.75) is 0 Å². The number of hydrogen-bond donors (Lipinski definition) is 3. The van der Waals surface area contributed by atoms with Gasteiger partial charge in [0.1, 0.15) is 0 Å². The molecular weight excluding hydrogens is 180 g/mol. The first-order chi connectivity index (χ1) is 6.68. The van der Waals surface area contributed by atoms with E-state index in [1.54, 1.807) is 24.3 Å². The fourth-order valence-electron chi connectivity index (χ4n) is 1.30. The standard InChI is InChI=1S/C10H10N2O2/c11-7-1-3-8(4-2-7)12-9(13)5-6-10(12)14/h1-6,13-14H,11H2. The Balaban J connectivity index is 2.54. The summed E-state index contributed by atoms with van der Waals surface area (Å²) in [6.07, 6.45) is 0. The summed E-state index contributed by atoms with van der Waals surface area (Å²) in [5, 5.41) is 18.9. The first-order valence-electron chi connectivity index (χ1n) is 4.14. The molecule has 0 saturated heterocycles. The minimum atomic E-state index is -0.00716. The van der Waals surface area contributed by atoms with E-state index in [1.165, 1.54) is 16.7 Å². The Labute approximate surface area is 80.8 Å². The van der Waals surface area contributed by atoms with Crippen LogP contribution in [0, 0.1) is 0 Å². The number of benzene rings is 1. The van der Waals surface area contributed by atoms with Gasteiger partial charge in [-0.15, -0.1) is 0 Å². The summed E-state index contributed by atoms with van der Waals surface area (Å²) in [5.41, 5.74) is 6.83. The summed E-state index contributed by atoms with van der Waals surface area (Å²) in [6, 6.07) is 9.68. The lowest BCUT2D eigenvalue weighted by molar-refractivity contribution is 0.402. The molecule has 0 amide bonds. The summed E-state index contributed by atoms with van der Waals surface area (Å²) in [5.74, 6) is -0.0143. The van der Waals surface area contributed by atoms with Gasteiger partial charge in [-0.2, -0.15) is 0 Å². The molecule has 0 fully saturated rings. The molecule has 2 aromatic rings. The summed E-state index contributed by atoms with van der Waals surface area (Å²) in [7, 11) is 0. The van der Waals surface area contributed by atoms with Crippen LogP contribution in [0.4, 0.5) is 5.69 Å². The van der Waals surface area contributed by atoms with Crippen molar-refractivity contribution in [1.82, 2.24) is 4.57 Å². The minimum absolute atomic E-state index is 0.00716. The first-order valence-corrected chi connectivity index (χ1v) is 4.14. The number of rotatable bonds is 1. The predicted octanol–water partition coefficient (Wildman–Crippen LogP) is 1.47. The predicted molar refractivity (Wildman–Crippen MR) is 53.5 cm³/mol. The van der Waals surface area contributed by atoms with Crippen LogP contribution in [0.25, 0.3) is 5.69 Å². The van der Waals surface area contributed by atoms with Gasteiger partial charge in [0.05, 0.1) is 5.69 Å². The number of aromatic nitrogens is 1. The summed E-state index contributed by atoms with van der Waals surface area (Å²) >= 11 is 0. The highest BCUT2D eigenvalue weighted by atomic mass is 16.3. The van der Waals surface area contributed by atoms with Gasteiger partial charge in [0.25, 0.3) is 0 Å². The average molecular weight is 190 g/mol. The molecule has 14 heavy (non-hydrogen) atoms. The second kappa shape index (κ2) is 2.99. The maximum atomic E-state index is 9.43. The lowest BCUT2D eigenvalue weighted by Crippen LogP contribution is -1.93. The molecule has 1 aromatic carbocycles. The monoisotopic (exact) mass is 190 g/mol. The van der Waals surface area contributed by atoms with E-state index in [-0.39, 0.29) is 11.8 Å². The molecule has 1 aromatic heterocycles. The zero-order chi connectivity index (χ0) is 10.1. The molecule has 2 rings (SSSR count). The fraction of sp³-hybridized carbons (Fsp3) is 0. The van der Waals surface area contributed by atoms with E-state index in [1.807, 2.05) is 0 Å². The van der Waals surface area contributed by atoms with Crippen LogP contribution in [0.1, 0.15) is 0 Å². The van der Waals surface area contributed by atoms with Gasteiger partial charge in [0, 0.05) is 17.8 Å². The van der Waals surface area contributed by atoms with Crippen LogP contribution < -0.4 is 5.73 Å². The molecule has 0 radical (unpaired) electrons. The van der Waals surface area contributed by atoms with Gasteiger partial charge in [-0.1, -0.05) is 0 Å². The molecular formula is C10H10N2O2. The molecule has 0 unspecified atom stereocenters. The van der Waals surface area contributed by atoms with Crippen molar-refractivity contribution in [3.05, 3.63) is 36.4 Å². The van der Waals surface area contributed by atoms with E-state index in [0.717, 1.165) is 0 Å². The highest BCUT2D eigenvalue weighted by Gasteiger charge is 2.06. The quantitative estimate of drug-likeness (QED) is 0.596. The van der Waals surface area contributed by atoms with E-state index in [2.05, 4.69) is 0 Å². The largest absolute Gasteiger partial charge is 0.494 e. The zero-order valence-corrected chi connectivity index (χ0v) is 7.38. The number of hydrogen-bond acceptors (Lipinski definition) is 3. The third kappa shape index (κ3) is 1.26. The number of nitrogens with zero attached hydrogens (tertiary/aromatic N) is 1. The number of nitrogen functional groups attached to an aromatic ring is 1. The van der Waals surface area contributed by atoms with Crippen LogP contribution in [0.3, 0.4) is 0 Å². The van der Waals surface area contributed by atoms with Crippen LogP contribution in [0.2, 0.25) is 0 Å². The number of nitrogens with two attached hydrogens (primary N) is 1. The summed E-state index contributed by atoms with van der Waals surface area (Å²) < 4.78 is 1.32. The molecule has 4 nitrogen and oxygen atoms in total. The van der Waals surface area contributed by atoms with Gasteiger partial charge in [-0.05, 0) is 24.3 Å². The van der Waals surface area contributed by atoms with Crippen LogP contribution in [0.15, 0.2) is 36.4 Å². The lowest BCUT2D eigenvalue weighted by Gasteiger charge is -2.06. The van der Waals surface area contributed by atoms with E-state index in [9.17, 15) is 10.2 Å². The van der Waals surface area contributed by atoms with Crippen molar-refractivity contribution in [2.24, 2.45) is 0 Å². The lowest BCUT2D eigenvalue weighted by atomic mass is 10.3. The Morgan fingerprint density at radius 2 is 1.36 bits per heavy atom. The highest BCUT2D eigenvalue weighted by molar-refractivity contribution is 5.48. The Morgan fingerprint density at radius 1 is 0.857 bits per heavy atom. The zero-order valence-electron chi connectivity index (χ0n) is 7.38. The van der Waals surface area contributed by atoms with Gasteiger partial charge in [0.15, 0.2) is 11.8 Å². The molecule has 0 bridgehead atoms. The average Bonchev–Trinajstić information content (AvgIpc) is 2.49. The topological polar surface area (TPSA) is 71.4 Å². The van der Waals surface area contributed by atoms with Gasteiger partial charge >= 0.3 is 0 Å². The highest BCUT2D eigenvalue weighted by Crippen LogP contribution is 2.26. The molecule has 0 aliphatic rings. The molecule has 0 spiro atoms. The smallest absolute Gasteiger partial charge is 0.198 e. The molecule has 0 aliphatic carbocycles. The van der Waals surface area contributed by atoms with Crippen molar-refractivity contribution in [3.63, 3.8) is 0 Å². The number of anilines is 1. The summed E-state index contributed by atoms with van der Waals surface area (Å²) in [6.45, 7) is 0. The number of aromatic hydroxyl groups is 2. The SMILES string of the molecule is Nc1ccc(-n2c(O)ccc2O)cc1. The van der Waals surface area contributed by atoms with Crippen LogP contribution in [-0.2, 0) is 0 Å². The first kappa shape index (κ1) is 8.50. The van der Waals surface area contributed by atoms with Crippen molar-refractivity contribution < 1.29 is 10.2 Å². The molecule has 4 N–H and O–H groups in total. The van der Waals surface area contributed by atoms with E-state index < -0.39 is 0 Å². The summed E-state index contributed by atoms with van der Waals surface area (Å²) in [4.78, 5) is 0. The van der Waals surface area contributed by atoms with Crippen molar-refractivity contribution >= 4 is 5.69 Å². The molecule has 0 aliphatic heterocycles. The third-order valence-electron chi connectivity index (χ3n) is 1.99. The minimum Gasteiger partial charge on any atom is -0.494 e. The molecule has 72 valence electrons. The van der Waals surface area contributed by atoms with Crippen LogP contribution >= 0.6 is 0 Å². The fourth-order valence-corrected chi connectivity index (χ4v) is 1.30. The Hall–Kier alpha value is -2.10. The molecule has 1 heterocycles. The van der Waals surface area contributed by atoms with Crippen LogP contribution in [-0.4, -0.2) is 14.8 Å². The van der Waals surface area contributed by atoms with Crippen LogP contribution in [0.5, 0.6) is 11.8 Å². The van der Waals surface area contributed by atoms with Crippen molar-refractivity contribution in [3.8, 4) is 17.4 Å². The van der Waals surface area contributed by atoms with Gasteiger partial charge < -0.3 is 15.9 Å². The van der Waals surface area contributed by atoms with Gasteiger partial charge in [-0.25, -0.2) is 0 Å². The normalized spacial score (nSPS) is 10.3.